The smallest absolute Gasteiger partial charge is 0.249 e. The average Bonchev–Trinajstić information content (AvgIpc) is 2.90. The second-order valence-corrected chi connectivity index (χ2v) is 5.37. The fourth-order valence-electron chi connectivity index (χ4n) is 2.24. The Labute approximate surface area is 122 Å². The molecule has 1 saturated heterocycles. The Morgan fingerprint density at radius 3 is 2.95 bits per heavy atom. The van der Waals surface area contributed by atoms with Gasteiger partial charge in [-0.2, -0.15) is 0 Å². The van der Waals surface area contributed by atoms with Crippen molar-refractivity contribution in [1.82, 2.24) is 5.32 Å². The lowest BCUT2D eigenvalue weighted by molar-refractivity contribution is -0.132. The van der Waals surface area contributed by atoms with E-state index >= 15 is 0 Å². The third-order valence-electron chi connectivity index (χ3n) is 3.47. The van der Waals surface area contributed by atoms with Gasteiger partial charge in [-0.1, -0.05) is 17.7 Å². The minimum Gasteiger partial charge on any atom is -0.364 e. The molecular formula is C14H18ClFN2O2. The minimum absolute atomic E-state index is 0.0404. The molecular weight excluding hydrogens is 283 g/mol. The van der Waals surface area contributed by atoms with E-state index in [9.17, 15) is 9.18 Å². The summed E-state index contributed by atoms with van der Waals surface area (Å²) in [6.45, 7) is 2.24. The van der Waals surface area contributed by atoms with Crippen LogP contribution in [0.4, 0.5) is 4.39 Å². The van der Waals surface area contributed by atoms with Gasteiger partial charge in [0.25, 0.3) is 0 Å². The molecule has 1 fully saturated rings. The molecule has 0 aromatic heterocycles. The number of rotatable bonds is 4. The summed E-state index contributed by atoms with van der Waals surface area (Å²) in [6.07, 6.45) is 0.971. The number of hydrogen-bond acceptors (Lipinski definition) is 3. The molecule has 110 valence electrons. The maximum atomic E-state index is 13.1. The first-order chi connectivity index (χ1) is 9.51. The maximum Gasteiger partial charge on any atom is 0.249 e. The predicted molar refractivity (Wildman–Crippen MR) is 74.9 cm³/mol. The summed E-state index contributed by atoms with van der Waals surface area (Å²) in [6, 6.07) is 4.14. The van der Waals surface area contributed by atoms with Crippen molar-refractivity contribution in [3.63, 3.8) is 0 Å². The van der Waals surface area contributed by atoms with Crippen LogP contribution in [0.1, 0.15) is 31.4 Å². The zero-order valence-electron chi connectivity index (χ0n) is 11.2. The first-order valence-electron chi connectivity index (χ1n) is 6.62. The SMILES string of the molecule is CC(NC(=O)[C@@H]1CC[C@H](CN)O1)c1ccc(F)c(Cl)c1. The highest BCUT2D eigenvalue weighted by molar-refractivity contribution is 6.30. The fourth-order valence-corrected chi connectivity index (χ4v) is 2.43. The lowest BCUT2D eigenvalue weighted by Gasteiger charge is -2.18. The van der Waals surface area contributed by atoms with Crippen molar-refractivity contribution in [2.24, 2.45) is 5.73 Å². The van der Waals surface area contributed by atoms with Gasteiger partial charge in [-0.15, -0.1) is 0 Å². The molecule has 6 heteroatoms. The number of benzene rings is 1. The van der Waals surface area contributed by atoms with E-state index in [-0.39, 0.29) is 23.1 Å². The van der Waals surface area contributed by atoms with Crippen molar-refractivity contribution >= 4 is 17.5 Å². The van der Waals surface area contributed by atoms with Crippen LogP contribution < -0.4 is 11.1 Å². The monoisotopic (exact) mass is 300 g/mol. The third-order valence-corrected chi connectivity index (χ3v) is 3.75. The van der Waals surface area contributed by atoms with E-state index in [1.807, 2.05) is 6.92 Å². The topological polar surface area (TPSA) is 64.4 Å². The number of ether oxygens (including phenoxy) is 1. The minimum atomic E-state index is -0.473. The highest BCUT2D eigenvalue weighted by atomic mass is 35.5. The van der Waals surface area contributed by atoms with Crippen LogP contribution in [0.3, 0.4) is 0 Å². The number of carbonyl (C=O) groups is 1. The molecule has 3 atom stereocenters. The van der Waals surface area contributed by atoms with Crippen molar-refractivity contribution in [2.45, 2.75) is 38.0 Å². The fraction of sp³-hybridized carbons (Fsp3) is 0.500. The standard InChI is InChI=1S/C14H18ClFN2O2/c1-8(9-2-4-12(16)11(15)6-9)18-14(19)13-5-3-10(7-17)20-13/h2,4,6,8,10,13H,3,5,7,17H2,1H3,(H,18,19)/t8?,10-,13+/m1/s1. The normalized spacial score (nSPS) is 23.6. The van der Waals surface area contributed by atoms with Gasteiger partial charge in [0.05, 0.1) is 17.2 Å². The van der Waals surface area contributed by atoms with E-state index in [0.29, 0.717) is 13.0 Å². The molecule has 1 unspecified atom stereocenters. The van der Waals surface area contributed by atoms with Crippen LogP contribution in [0.2, 0.25) is 5.02 Å². The molecule has 0 spiro atoms. The first kappa shape index (κ1) is 15.2. The third kappa shape index (κ3) is 3.48. The summed E-state index contributed by atoms with van der Waals surface area (Å²) in [5.41, 5.74) is 6.26. The van der Waals surface area contributed by atoms with Crippen LogP contribution in [0.25, 0.3) is 0 Å². The van der Waals surface area contributed by atoms with Crippen molar-refractivity contribution in [2.75, 3.05) is 6.54 Å². The summed E-state index contributed by atoms with van der Waals surface area (Å²) in [7, 11) is 0. The molecule has 1 heterocycles. The molecule has 1 aromatic rings. The lowest BCUT2D eigenvalue weighted by Crippen LogP contribution is -2.37. The Kier molecular flexibility index (Phi) is 4.96. The van der Waals surface area contributed by atoms with E-state index in [2.05, 4.69) is 5.32 Å². The number of amides is 1. The first-order valence-corrected chi connectivity index (χ1v) is 7.00. The predicted octanol–water partition coefficient (Wildman–Crippen LogP) is 2.16. The Balaban J connectivity index is 1.95. The van der Waals surface area contributed by atoms with Gasteiger partial charge in [0.1, 0.15) is 11.9 Å². The summed E-state index contributed by atoms with van der Waals surface area (Å²) in [5, 5.41) is 2.89. The van der Waals surface area contributed by atoms with E-state index in [1.54, 1.807) is 6.07 Å². The zero-order valence-corrected chi connectivity index (χ0v) is 12.0. The number of nitrogens with one attached hydrogen (secondary N) is 1. The molecule has 0 bridgehead atoms. The van der Waals surface area contributed by atoms with Crippen molar-refractivity contribution in [1.29, 1.82) is 0 Å². The largest absolute Gasteiger partial charge is 0.364 e. The Morgan fingerprint density at radius 2 is 2.35 bits per heavy atom. The van der Waals surface area contributed by atoms with Gasteiger partial charge in [0.2, 0.25) is 5.91 Å². The molecule has 4 nitrogen and oxygen atoms in total. The van der Waals surface area contributed by atoms with Crippen LogP contribution in [0, 0.1) is 5.82 Å². The molecule has 3 N–H and O–H groups in total. The average molecular weight is 301 g/mol. The molecule has 0 radical (unpaired) electrons. The molecule has 20 heavy (non-hydrogen) atoms. The quantitative estimate of drug-likeness (QED) is 0.895. The van der Waals surface area contributed by atoms with Gasteiger partial charge in [0, 0.05) is 6.54 Å². The van der Waals surface area contributed by atoms with Crippen molar-refractivity contribution in [3.8, 4) is 0 Å². The zero-order chi connectivity index (χ0) is 14.7. The Bertz CT molecular complexity index is 498. The van der Waals surface area contributed by atoms with Gasteiger partial charge >= 0.3 is 0 Å². The van der Waals surface area contributed by atoms with Crippen LogP contribution in [0.15, 0.2) is 18.2 Å². The van der Waals surface area contributed by atoms with Crippen molar-refractivity contribution in [3.05, 3.63) is 34.6 Å². The van der Waals surface area contributed by atoms with Gasteiger partial charge < -0.3 is 15.8 Å². The van der Waals surface area contributed by atoms with E-state index in [0.717, 1.165) is 12.0 Å². The van der Waals surface area contributed by atoms with E-state index in [4.69, 9.17) is 22.1 Å². The molecule has 0 aliphatic carbocycles. The maximum absolute atomic E-state index is 13.1. The van der Waals surface area contributed by atoms with Crippen LogP contribution in [-0.4, -0.2) is 24.7 Å². The second kappa shape index (κ2) is 6.52. The molecule has 0 saturated carbocycles. The molecule has 1 aromatic carbocycles. The Morgan fingerprint density at radius 1 is 1.60 bits per heavy atom. The molecule has 1 aliphatic rings. The number of carbonyl (C=O) groups excluding carboxylic acids is 1. The van der Waals surface area contributed by atoms with Crippen molar-refractivity contribution < 1.29 is 13.9 Å². The van der Waals surface area contributed by atoms with Gasteiger partial charge in [-0.25, -0.2) is 4.39 Å². The summed E-state index contributed by atoms with van der Waals surface area (Å²) in [4.78, 5) is 12.1. The molecule has 1 amide bonds. The number of halogens is 2. The summed E-state index contributed by atoms with van der Waals surface area (Å²) < 4.78 is 18.6. The Hall–Kier alpha value is -1.17. The summed E-state index contributed by atoms with van der Waals surface area (Å²) >= 11 is 5.73. The van der Waals surface area contributed by atoms with E-state index in [1.165, 1.54) is 12.1 Å². The number of hydrogen-bond donors (Lipinski definition) is 2. The lowest BCUT2D eigenvalue weighted by atomic mass is 10.1. The van der Waals surface area contributed by atoms with Crippen LogP contribution in [0.5, 0.6) is 0 Å². The molecule has 1 aliphatic heterocycles. The van der Waals surface area contributed by atoms with Crippen LogP contribution in [-0.2, 0) is 9.53 Å². The second-order valence-electron chi connectivity index (χ2n) is 4.96. The highest BCUT2D eigenvalue weighted by Crippen LogP contribution is 2.23. The highest BCUT2D eigenvalue weighted by Gasteiger charge is 2.30. The van der Waals surface area contributed by atoms with Gasteiger partial charge in [0.15, 0.2) is 0 Å². The summed E-state index contributed by atoms with van der Waals surface area (Å²) in [5.74, 6) is -0.646. The van der Waals surface area contributed by atoms with Crippen LogP contribution >= 0.6 is 11.6 Å². The van der Waals surface area contributed by atoms with E-state index < -0.39 is 11.9 Å². The molecule has 2 rings (SSSR count). The van der Waals surface area contributed by atoms with Gasteiger partial charge in [-0.3, -0.25) is 4.79 Å². The number of nitrogens with two attached hydrogens (primary N) is 1. The van der Waals surface area contributed by atoms with Gasteiger partial charge in [-0.05, 0) is 37.5 Å².